The van der Waals surface area contributed by atoms with Gasteiger partial charge in [0.25, 0.3) is 0 Å². The van der Waals surface area contributed by atoms with Crippen molar-refractivity contribution in [1.82, 2.24) is 20.2 Å². The molecule has 7 heteroatoms. The van der Waals surface area contributed by atoms with Crippen molar-refractivity contribution in [2.75, 3.05) is 31.3 Å². The largest absolute Gasteiger partial charge is 0.385 e. The molecule has 0 aliphatic rings. The lowest BCUT2D eigenvalue weighted by Gasteiger charge is -2.06. The topological polar surface area (TPSA) is 102 Å². The lowest BCUT2D eigenvalue weighted by Crippen LogP contribution is -2.06. The van der Waals surface area contributed by atoms with Crippen LogP contribution in [0.3, 0.4) is 0 Å². The molecule has 7 nitrogen and oxygen atoms in total. The number of ether oxygens (including phenoxy) is 1. The Kier molecular flexibility index (Phi) is 4.30. The molecule has 4 N–H and O–H groups in total. The van der Waals surface area contributed by atoms with Crippen LogP contribution >= 0.6 is 0 Å². The molecule has 0 fully saturated rings. The first-order valence-electron chi connectivity index (χ1n) is 6.00. The summed E-state index contributed by atoms with van der Waals surface area (Å²) in [6.45, 7) is 1.66. The van der Waals surface area contributed by atoms with Crippen molar-refractivity contribution in [3.05, 3.63) is 6.20 Å². The molecule has 0 aliphatic heterocycles. The highest BCUT2D eigenvalue weighted by molar-refractivity contribution is 5.86. The fourth-order valence-electron chi connectivity index (χ4n) is 1.74. The molecule has 2 heterocycles. The Labute approximate surface area is 105 Å². The maximum atomic E-state index is 5.63. The van der Waals surface area contributed by atoms with Gasteiger partial charge in [0.1, 0.15) is 5.82 Å². The highest BCUT2D eigenvalue weighted by atomic mass is 16.5. The molecule has 0 atom stereocenters. The molecule has 0 saturated carbocycles. The molecule has 0 unspecified atom stereocenters. The Balaban J connectivity index is 1.89. The molecular weight excluding hydrogens is 232 g/mol. The van der Waals surface area contributed by atoms with Crippen LogP contribution in [0, 0.1) is 0 Å². The lowest BCUT2D eigenvalue weighted by molar-refractivity contribution is 0.192. The number of unbranched alkanes of at least 4 members (excludes halogenated alkanes) is 2. The van der Waals surface area contributed by atoms with Crippen molar-refractivity contribution in [3.63, 3.8) is 0 Å². The van der Waals surface area contributed by atoms with E-state index >= 15 is 0 Å². The molecule has 0 aromatic carbocycles. The first kappa shape index (κ1) is 12.6. The number of nitrogens with two attached hydrogens (primary N) is 1. The molecule has 0 radical (unpaired) electrons. The molecule has 0 spiro atoms. The summed E-state index contributed by atoms with van der Waals surface area (Å²) in [6, 6.07) is 0. The van der Waals surface area contributed by atoms with Gasteiger partial charge in [0.2, 0.25) is 5.95 Å². The van der Waals surface area contributed by atoms with Gasteiger partial charge in [-0.1, -0.05) is 0 Å². The first-order chi connectivity index (χ1) is 8.81. The number of hydrogen-bond donors (Lipinski definition) is 3. The minimum absolute atomic E-state index is 0.244. The molecule has 0 aliphatic carbocycles. The number of fused-ring (bicyclic) bond motifs is 1. The van der Waals surface area contributed by atoms with Crippen LogP contribution in [0.1, 0.15) is 19.3 Å². The third-order valence-corrected chi connectivity index (χ3v) is 2.64. The van der Waals surface area contributed by atoms with Crippen LogP contribution in [0.4, 0.5) is 11.8 Å². The number of nitrogens with one attached hydrogen (secondary N) is 2. The van der Waals surface area contributed by atoms with E-state index in [1.165, 1.54) is 0 Å². The van der Waals surface area contributed by atoms with Crippen molar-refractivity contribution in [1.29, 1.82) is 0 Å². The summed E-state index contributed by atoms with van der Waals surface area (Å²) in [7, 11) is 1.72. The molecule has 2 aromatic rings. The normalized spacial score (nSPS) is 10.9. The predicted octanol–water partition coefficient (Wildman–Crippen LogP) is 1.16. The fraction of sp³-hybridized carbons (Fsp3) is 0.545. The van der Waals surface area contributed by atoms with Gasteiger partial charge in [0.05, 0.1) is 11.6 Å². The fourth-order valence-corrected chi connectivity index (χ4v) is 1.74. The van der Waals surface area contributed by atoms with Crippen molar-refractivity contribution in [2.45, 2.75) is 19.3 Å². The summed E-state index contributed by atoms with van der Waals surface area (Å²) in [5.74, 6) is 0.978. The number of aromatic nitrogens is 4. The summed E-state index contributed by atoms with van der Waals surface area (Å²) < 4.78 is 5.00. The van der Waals surface area contributed by atoms with Crippen LogP contribution in [0.5, 0.6) is 0 Å². The summed E-state index contributed by atoms with van der Waals surface area (Å²) in [5, 5.41) is 10.8. The zero-order valence-electron chi connectivity index (χ0n) is 10.4. The third-order valence-electron chi connectivity index (χ3n) is 2.64. The Hall–Kier alpha value is -1.89. The average Bonchev–Trinajstić information content (AvgIpc) is 2.81. The number of nitrogens with zero attached hydrogens (tertiary/aromatic N) is 3. The average molecular weight is 250 g/mol. The van der Waals surface area contributed by atoms with Gasteiger partial charge in [0.15, 0.2) is 5.65 Å². The number of H-pyrrole nitrogens is 1. The van der Waals surface area contributed by atoms with Crippen LogP contribution in [-0.4, -0.2) is 40.4 Å². The van der Waals surface area contributed by atoms with Gasteiger partial charge in [-0.3, -0.25) is 5.10 Å². The van der Waals surface area contributed by atoms with Crippen LogP contribution in [0.25, 0.3) is 11.0 Å². The van der Waals surface area contributed by atoms with Crippen molar-refractivity contribution >= 4 is 22.8 Å². The lowest BCUT2D eigenvalue weighted by atomic mass is 10.2. The van der Waals surface area contributed by atoms with E-state index in [0.717, 1.165) is 43.6 Å². The number of aromatic amines is 1. The van der Waals surface area contributed by atoms with Crippen LogP contribution in [0.15, 0.2) is 6.20 Å². The molecule has 18 heavy (non-hydrogen) atoms. The molecule has 98 valence electrons. The van der Waals surface area contributed by atoms with Crippen molar-refractivity contribution in [3.8, 4) is 0 Å². The van der Waals surface area contributed by atoms with Crippen molar-refractivity contribution < 1.29 is 4.74 Å². The van der Waals surface area contributed by atoms with Crippen LogP contribution in [-0.2, 0) is 4.74 Å². The Morgan fingerprint density at radius 3 is 3.06 bits per heavy atom. The number of rotatable bonds is 7. The van der Waals surface area contributed by atoms with Crippen molar-refractivity contribution in [2.24, 2.45) is 0 Å². The van der Waals surface area contributed by atoms with Gasteiger partial charge in [-0.2, -0.15) is 15.1 Å². The van der Waals surface area contributed by atoms with E-state index in [0.29, 0.717) is 5.65 Å². The maximum absolute atomic E-state index is 5.63. The number of anilines is 2. The van der Waals surface area contributed by atoms with Gasteiger partial charge in [-0.15, -0.1) is 0 Å². The van der Waals surface area contributed by atoms with E-state index in [2.05, 4.69) is 25.5 Å². The van der Waals surface area contributed by atoms with Gasteiger partial charge >= 0.3 is 0 Å². The molecule has 0 saturated heterocycles. The van der Waals surface area contributed by atoms with E-state index in [9.17, 15) is 0 Å². The zero-order chi connectivity index (χ0) is 12.8. The molecule has 0 bridgehead atoms. The number of nitrogen functional groups attached to an aromatic ring is 1. The first-order valence-corrected chi connectivity index (χ1v) is 6.00. The second-order valence-electron chi connectivity index (χ2n) is 4.04. The maximum Gasteiger partial charge on any atom is 0.224 e. The molecule has 2 rings (SSSR count). The zero-order valence-corrected chi connectivity index (χ0v) is 10.4. The smallest absolute Gasteiger partial charge is 0.224 e. The summed E-state index contributed by atoms with van der Waals surface area (Å²) in [4.78, 5) is 8.24. The Bertz CT molecular complexity index is 497. The summed E-state index contributed by atoms with van der Waals surface area (Å²) in [5.41, 5.74) is 6.28. The van der Waals surface area contributed by atoms with Crippen LogP contribution < -0.4 is 11.1 Å². The number of methoxy groups -OCH3 is 1. The monoisotopic (exact) mass is 250 g/mol. The molecule has 0 amide bonds. The van der Waals surface area contributed by atoms with E-state index in [1.54, 1.807) is 13.3 Å². The third kappa shape index (κ3) is 3.07. The van der Waals surface area contributed by atoms with E-state index < -0.39 is 0 Å². The van der Waals surface area contributed by atoms with Gasteiger partial charge < -0.3 is 15.8 Å². The minimum atomic E-state index is 0.244. The Morgan fingerprint density at radius 2 is 2.22 bits per heavy atom. The minimum Gasteiger partial charge on any atom is -0.385 e. The summed E-state index contributed by atoms with van der Waals surface area (Å²) >= 11 is 0. The van der Waals surface area contributed by atoms with E-state index in [1.807, 2.05) is 0 Å². The second kappa shape index (κ2) is 6.15. The van der Waals surface area contributed by atoms with E-state index in [4.69, 9.17) is 10.5 Å². The highest BCUT2D eigenvalue weighted by Crippen LogP contribution is 2.18. The number of hydrogen-bond acceptors (Lipinski definition) is 6. The quantitative estimate of drug-likeness (QED) is 0.637. The summed E-state index contributed by atoms with van der Waals surface area (Å²) in [6.07, 6.45) is 4.95. The van der Waals surface area contributed by atoms with Gasteiger partial charge in [-0.05, 0) is 19.3 Å². The van der Waals surface area contributed by atoms with Gasteiger partial charge in [-0.25, -0.2) is 0 Å². The molecule has 2 aromatic heterocycles. The standard InChI is InChI=1S/C11H18N6O/c1-18-6-4-2-3-5-13-9-8-7-14-17-10(8)16-11(12)15-9/h7H,2-6H2,1H3,(H4,12,13,14,15,16,17). The Morgan fingerprint density at radius 1 is 1.33 bits per heavy atom. The van der Waals surface area contributed by atoms with Crippen LogP contribution in [0.2, 0.25) is 0 Å². The molecular formula is C11H18N6O. The van der Waals surface area contributed by atoms with E-state index in [-0.39, 0.29) is 5.95 Å². The highest BCUT2D eigenvalue weighted by Gasteiger charge is 2.06. The van der Waals surface area contributed by atoms with Gasteiger partial charge in [0, 0.05) is 20.3 Å². The second-order valence-corrected chi connectivity index (χ2v) is 4.04. The SMILES string of the molecule is COCCCCCNc1nc(N)nc2[nH]ncc12. The predicted molar refractivity (Wildman–Crippen MR) is 70.3 cm³/mol.